The van der Waals surface area contributed by atoms with Crippen LogP contribution in [0, 0.1) is 11.8 Å². The topological polar surface area (TPSA) is 114 Å². The first kappa shape index (κ1) is 15.5. The zero-order chi connectivity index (χ0) is 16.4. The molecule has 1 aromatic heterocycles. The van der Waals surface area contributed by atoms with Gasteiger partial charge in [-0.15, -0.1) is 0 Å². The van der Waals surface area contributed by atoms with Crippen molar-refractivity contribution >= 4 is 23.0 Å². The van der Waals surface area contributed by atoms with E-state index in [1.807, 2.05) is 30.3 Å². The van der Waals surface area contributed by atoms with Gasteiger partial charge >= 0.3 is 0 Å². The van der Waals surface area contributed by atoms with Gasteiger partial charge in [-0.05, 0) is 24.0 Å². The molecular weight excluding hydrogens is 290 g/mol. The molecule has 3 rings (SSSR count). The van der Waals surface area contributed by atoms with Gasteiger partial charge in [0.2, 0.25) is 0 Å². The van der Waals surface area contributed by atoms with Gasteiger partial charge < -0.3 is 21.8 Å². The molecule has 7 nitrogen and oxygen atoms in total. The Morgan fingerprint density at radius 1 is 1.09 bits per heavy atom. The summed E-state index contributed by atoms with van der Waals surface area (Å²) in [5, 5.41) is 6.72. The molecule has 2 unspecified atom stereocenters. The highest BCUT2D eigenvalue weighted by atomic mass is 15.2. The lowest BCUT2D eigenvalue weighted by atomic mass is 10.2. The Labute approximate surface area is 135 Å². The molecule has 23 heavy (non-hydrogen) atoms. The third-order valence-corrected chi connectivity index (χ3v) is 4.98. The number of para-hydroxylation sites is 2. The Bertz CT molecular complexity index is 680. The molecule has 0 saturated heterocycles. The molecule has 2 aromatic rings. The molecule has 0 bridgehead atoms. The highest BCUT2D eigenvalue weighted by Crippen LogP contribution is 2.51. The molecule has 0 spiro atoms. The van der Waals surface area contributed by atoms with Crippen LogP contribution in [0.25, 0.3) is 0 Å². The highest BCUT2D eigenvalue weighted by molar-refractivity contribution is 5.73. The number of anilines is 4. The standard InChI is InChI=1S/C16H23N7/c1-10-11(2)16(10,8-17)22-15-7-14(19-9-20-15)21-12-5-3-4-6-13(12)23-18/h3-7,9-11,23H,8,17-18H2,1-2H3,(H2,19,20,21,22)/t10-,11?,16?/m0/s1. The van der Waals surface area contributed by atoms with Crippen LogP contribution in [-0.2, 0) is 0 Å². The second-order valence-corrected chi connectivity index (χ2v) is 6.05. The van der Waals surface area contributed by atoms with Gasteiger partial charge in [-0.25, -0.2) is 9.97 Å². The largest absolute Gasteiger partial charge is 0.363 e. The molecule has 7 N–H and O–H groups in total. The Hall–Kier alpha value is -2.38. The first-order chi connectivity index (χ1) is 11.1. The Morgan fingerprint density at radius 2 is 1.74 bits per heavy atom. The van der Waals surface area contributed by atoms with E-state index in [4.69, 9.17) is 11.6 Å². The number of hydrogen-bond acceptors (Lipinski definition) is 7. The highest BCUT2D eigenvalue weighted by Gasteiger charge is 2.58. The minimum atomic E-state index is -0.0671. The third kappa shape index (κ3) is 2.80. The predicted molar refractivity (Wildman–Crippen MR) is 93.3 cm³/mol. The zero-order valence-electron chi connectivity index (χ0n) is 13.4. The minimum absolute atomic E-state index is 0.0671. The summed E-state index contributed by atoms with van der Waals surface area (Å²) >= 11 is 0. The van der Waals surface area contributed by atoms with Crippen LogP contribution >= 0.6 is 0 Å². The van der Waals surface area contributed by atoms with Gasteiger partial charge in [0, 0.05) is 12.6 Å². The summed E-state index contributed by atoms with van der Waals surface area (Å²) in [7, 11) is 0. The van der Waals surface area contributed by atoms with Crippen molar-refractivity contribution in [3.8, 4) is 0 Å². The van der Waals surface area contributed by atoms with Crippen LogP contribution in [0.15, 0.2) is 36.7 Å². The normalized spacial score (nSPS) is 25.7. The number of nitrogen functional groups attached to an aromatic ring is 1. The molecule has 1 fully saturated rings. The molecule has 7 heteroatoms. The van der Waals surface area contributed by atoms with Crippen LogP contribution in [0.3, 0.4) is 0 Å². The smallest absolute Gasteiger partial charge is 0.135 e. The van der Waals surface area contributed by atoms with Crippen LogP contribution in [0.1, 0.15) is 13.8 Å². The van der Waals surface area contributed by atoms with Crippen LogP contribution in [-0.4, -0.2) is 22.1 Å². The van der Waals surface area contributed by atoms with E-state index >= 15 is 0 Å². The van der Waals surface area contributed by atoms with Crippen molar-refractivity contribution in [2.45, 2.75) is 19.4 Å². The number of hydrogen-bond donors (Lipinski definition) is 5. The summed E-state index contributed by atoms with van der Waals surface area (Å²) in [4.78, 5) is 8.57. The van der Waals surface area contributed by atoms with E-state index in [9.17, 15) is 0 Å². The summed E-state index contributed by atoms with van der Waals surface area (Å²) in [6.45, 7) is 4.99. The van der Waals surface area contributed by atoms with E-state index < -0.39 is 0 Å². The molecule has 1 aliphatic rings. The summed E-state index contributed by atoms with van der Waals surface area (Å²) in [5.41, 5.74) is 10.2. The maximum absolute atomic E-state index is 5.95. The Kier molecular flexibility index (Phi) is 4.06. The molecule has 1 aliphatic carbocycles. The minimum Gasteiger partial charge on any atom is -0.363 e. The maximum Gasteiger partial charge on any atom is 0.135 e. The molecule has 1 heterocycles. The first-order valence-electron chi connectivity index (χ1n) is 7.73. The van der Waals surface area contributed by atoms with Gasteiger partial charge in [0.25, 0.3) is 0 Å². The molecule has 122 valence electrons. The lowest BCUT2D eigenvalue weighted by Gasteiger charge is -2.19. The number of benzene rings is 1. The molecule has 0 radical (unpaired) electrons. The van der Waals surface area contributed by atoms with Crippen molar-refractivity contribution in [2.24, 2.45) is 23.4 Å². The van der Waals surface area contributed by atoms with Crippen LogP contribution in [0.4, 0.5) is 23.0 Å². The quantitative estimate of drug-likeness (QED) is 0.409. The SMILES string of the molecule is CC1[C@H](C)C1(CN)Nc1cc(Nc2ccccc2NN)ncn1. The van der Waals surface area contributed by atoms with Gasteiger partial charge in [-0.2, -0.15) is 0 Å². The Morgan fingerprint density at radius 3 is 2.35 bits per heavy atom. The monoisotopic (exact) mass is 313 g/mol. The number of hydrazine groups is 1. The van der Waals surface area contributed by atoms with Crippen molar-refractivity contribution in [3.63, 3.8) is 0 Å². The number of nitrogens with zero attached hydrogens (tertiary/aromatic N) is 2. The van der Waals surface area contributed by atoms with Crippen LogP contribution in [0.2, 0.25) is 0 Å². The molecule has 3 atom stereocenters. The van der Waals surface area contributed by atoms with E-state index in [1.165, 1.54) is 6.33 Å². The molecule has 0 aliphatic heterocycles. The van der Waals surface area contributed by atoms with E-state index in [0.717, 1.165) is 17.2 Å². The molecular formula is C16H23N7. The van der Waals surface area contributed by atoms with Crippen LogP contribution < -0.4 is 27.6 Å². The predicted octanol–water partition coefficient (Wildman–Crippen LogP) is 1.90. The first-order valence-corrected chi connectivity index (χ1v) is 7.73. The fraction of sp³-hybridized carbons (Fsp3) is 0.375. The van der Waals surface area contributed by atoms with Gasteiger partial charge in [0.1, 0.15) is 18.0 Å². The van der Waals surface area contributed by atoms with Crippen molar-refractivity contribution in [1.82, 2.24) is 9.97 Å². The number of aromatic nitrogens is 2. The van der Waals surface area contributed by atoms with Crippen molar-refractivity contribution < 1.29 is 0 Å². The van der Waals surface area contributed by atoms with E-state index in [1.54, 1.807) is 0 Å². The summed E-state index contributed by atoms with van der Waals surface area (Å²) in [6, 6.07) is 9.54. The lowest BCUT2D eigenvalue weighted by Crippen LogP contribution is -2.35. The summed E-state index contributed by atoms with van der Waals surface area (Å²) in [6.07, 6.45) is 1.53. The fourth-order valence-electron chi connectivity index (χ4n) is 3.10. The second kappa shape index (κ2) is 6.02. The Balaban J connectivity index is 1.78. The summed E-state index contributed by atoms with van der Waals surface area (Å²) in [5.74, 6) is 8.04. The number of nitrogens with two attached hydrogens (primary N) is 2. The zero-order valence-corrected chi connectivity index (χ0v) is 13.4. The molecule has 1 aromatic carbocycles. The molecule has 0 amide bonds. The van der Waals surface area contributed by atoms with E-state index in [-0.39, 0.29) is 5.54 Å². The van der Waals surface area contributed by atoms with E-state index in [2.05, 4.69) is 39.9 Å². The van der Waals surface area contributed by atoms with Crippen molar-refractivity contribution in [1.29, 1.82) is 0 Å². The number of rotatable bonds is 6. The van der Waals surface area contributed by atoms with Crippen molar-refractivity contribution in [2.75, 3.05) is 22.6 Å². The fourth-order valence-corrected chi connectivity index (χ4v) is 3.10. The van der Waals surface area contributed by atoms with Gasteiger partial charge in [0.15, 0.2) is 0 Å². The maximum atomic E-state index is 5.95. The number of nitrogens with one attached hydrogen (secondary N) is 3. The molecule has 1 saturated carbocycles. The van der Waals surface area contributed by atoms with Crippen LogP contribution in [0.5, 0.6) is 0 Å². The third-order valence-electron chi connectivity index (χ3n) is 4.98. The summed E-state index contributed by atoms with van der Waals surface area (Å²) < 4.78 is 0. The second-order valence-electron chi connectivity index (χ2n) is 6.05. The van der Waals surface area contributed by atoms with Gasteiger partial charge in [0.05, 0.1) is 16.9 Å². The van der Waals surface area contributed by atoms with E-state index in [0.29, 0.717) is 24.2 Å². The van der Waals surface area contributed by atoms with Crippen molar-refractivity contribution in [3.05, 3.63) is 36.7 Å². The average molecular weight is 313 g/mol. The average Bonchev–Trinajstić information content (AvgIpc) is 3.09. The lowest BCUT2D eigenvalue weighted by molar-refractivity contribution is 0.653. The van der Waals surface area contributed by atoms with Gasteiger partial charge in [-0.3, -0.25) is 5.84 Å². The van der Waals surface area contributed by atoms with Gasteiger partial charge in [-0.1, -0.05) is 26.0 Å².